The number of anilines is 2. The standard InChI is InChI=1S/C17H21N4O8P/c1-21(2,3)11-17(29-30(26,27)28)12-4-6-13(7-5-12)18-15-9-8-14(19(22)23)10-16(15)20(24)25/h4-10,17-18H,11H2,1-3H3,(H-,26,27,28). The molecule has 0 heterocycles. The quantitative estimate of drug-likeness (QED) is 0.257. The highest BCUT2D eigenvalue weighted by atomic mass is 31.2. The van der Waals surface area contributed by atoms with Crippen LogP contribution in [0.15, 0.2) is 42.5 Å². The predicted molar refractivity (Wildman–Crippen MR) is 106 cm³/mol. The molecule has 0 saturated heterocycles. The van der Waals surface area contributed by atoms with Crippen molar-refractivity contribution < 1.29 is 33.2 Å². The van der Waals surface area contributed by atoms with E-state index in [1.54, 1.807) is 24.3 Å². The number of quaternary nitrogens is 1. The number of nitro benzene ring substituents is 2. The number of likely N-dealkylation sites (N-methyl/N-ethyl adjacent to an activating group) is 1. The zero-order valence-electron chi connectivity index (χ0n) is 16.4. The van der Waals surface area contributed by atoms with Crippen molar-refractivity contribution in [2.75, 3.05) is 33.0 Å². The summed E-state index contributed by atoms with van der Waals surface area (Å²) in [5.41, 5.74) is 0.0730. The summed E-state index contributed by atoms with van der Waals surface area (Å²) in [6.07, 6.45) is -0.943. The van der Waals surface area contributed by atoms with Crippen LogP contribution in [-0.2, 0) is 9.09 Å². The SMILES string of the molecule is C[N+](C)(C)CC(OP(=O)([O-])O)c1ccc(Nc2ccc([N+](=O)[O-])cc2[N+](=O)[O-])cc1. The van der Waals surface area contributed by atoms with Crippen LogP contribution >= 0.6 is 7.82 Å². The van der Waals surface area contributed by atoms with Crippen LogP contribution in [0.1, 0.15) is 11.7 Å². The van der Waals surface area contributed by atoms with E-state index in [9.17, 15) is 29.7 Å². The van der Waals surface area contributed by atoms with Gasteiger partial charge in [-0.2, -0.15) is 0 Å². The fourth-order valence-corrected chi connectivity index (χ4v) is 3.19. The molecule has 0 aromatic heterocycles. The summed E-state index contributed by atoms with van der Waals surface area (Å²) >= 11 is 0. The molecule has 12 nitrogen and oxygen atoms in total. The minimum Gasteiger partial charge on any atom is -0.756 e. The summed E-state index contributed by atoms with van der Waals surface area (Å²) in [7, 11) is 0.503. The molecule has 2 unspecified atom stereocenters. The third kappa shape index (κ3) is 6.87. The monoisotopic (exact) mass is 440 g/mol. The van der Waals surface area contributed by atoms with E-state index in [1.807, 2.05) is 21.1 Å². The number of nitrogens with zero attached hydrogens (tertiary/aromatic N) is 3. The number of nitro groups is 2. The van der Waals surface area contributed by atoms with E-state index in [-0.39, 0.29) is 12.2 Å². The molecule has 2 N–H and O–H groups in total. The van der Waals surface area contributed by atoms with Crippen molar-refractivity contribution in [3.05, 3.63) is 68.3 Å². The number of non-ortho nitro benzene ring substituents is 1. The van der Waals surface area contributed by atoms with E-state index in [0.717, 1.165) is 12.1 Å². The lowest BCUT2D eigenvalue weighted by molar-refractivity contribution is -0.874. The lowest BCUT2D eigenvalue weighted by Crippen LogP contribution is -2.39. The molecule has 2 aromatic carbocycles. The first kappa shape index (κ1) is 23.4. The van der Waals surface area contributed by atoms with Gasteiger partial charge in [-0.1, -0.05) is 12.1 Å². The van der Waals surface area contributed by atoms with Crippen LogP contribution in [0.5, 0.6) is 0 Å². The first-order chi connectivity index (χ1) is 13.7. The molecule has 0 radical (unpaired) electrons. The van der Waals surface area contributed by atoms with Gasteiger partial charge in [0.05, 0.1) is 37.1 Å². The molecule has 30 heavy (non-hydrogen) atoms. The van der Waals surface area contributed by atoms with Gasteiger partial charge in [-0.05, 0) is 23.8 Å². The molecule has 0 fully saturated rings. The maximum Gasteiger partial charge on any atom is 0.299 e. The number of hydrogen-bond donors (Lipinski definition) is 2. The third-order valence-corrected chi connectivity index (χ3v) is 4.45. The van der Waals surface area contributed by atoms with E-state index < -0.39 is 35.1 Å². The normalized spacial score (nSPS) is 14.6. The Morgan fingerprint density at radius 3 is 2.17 bits per heavy atom. The van der Waals surface area contributed by atoms with Gasteiger partial charge in [0.15, 0.2) is 0 Å². The topological polar surface area (TPSA) is 168 Å². The zero-order valence-corrected chi connectivity index (χ0v) is 17.3. The van der Waals surface area contributed by atoms with E-state index in [2.05, 4.69) is 5.32 Å². The van der Waals surface area contributed by atoms with E-state index >= 15 is 0 Å². The predicted octanol–water partition coefficient (Wildman–Crippen LogP) is 2.47. The molecule has 0 aliphatic heterocycles. The Hall–Kier alpha value is -2.89. The number of phosphoric ester groups is 1. The molecule has 2 rings (SSSR count). The second kappa shape index (κ2) is 8.86. The Kier molecular flexibility index (Phi) is 6.91. The summed E-state index contributed by atoms with van der Waals surface area (Å²) in [4.78, 5) is 40.9. The Bertz CT molecular complexity index is 984. The third-order valence-electron chi connectivity index (χ3n) is 3.92. The van der Waals surface area contributed by atoms with Crippen molar-refractivity contribution in [3.8, 4) is 0 Å². The average Bonchev–Trinajstić information content (AvgIpc) is 2.59. The first-order valence-corrected chi connectivity index (χ1v) is 10.1. The summed E-state index contributed by atoms with van der Waals surface area (Å²) in [6.45, 7) is 0.243. The number of rotatable bonds is 9. The highest BCUT2D eigenvalue weighted by molar-refractivity contribution is 7.44. The smallest absolute Gasteiger partial charge is 0.299 e. The summed E-state index contributed by atoms with van der Waals surface area (Å²) in [5, 5.41) is 24.9. The molecule has 0 aliphatic rings. The van der Waals surface area contributed by atoms with Crippen LogP contribution in [0, 0.1) is 20.2 Å². The second-order valence-corrected chi connectivity index (χ2v) is 8.65. The Morgan fingerprint density at radius 2 is 1.70 bits per heavy atom. The largest absolute Gasteiger partial charge is 0.756 e. The summed E-state index contributed by atoms with van der Waals surface area (Å²) in [6, 6.07) is 9.41. The molecular formula is C17H21N4O8P. The first-order valence-electron chi connectivity index (χ1n) is 8.58. The van der Waals surface area contributed by atoms with Crippen molar-refractivity contribution in [2.24, 2.45) is 0 Å². The van der Waals surface area contributed by atoms with E-state index in [4.69, 9.17) is 9.42 Å². The zero-order chi connectivity index (χ0) is 22.7. The molecule has 0 bridgehead atoms. The molecule has 13 heteroatoms. The van der Waals surface area contributed by atoms with Gasteiger partial charge >= 0.3 is 0 Å². The Balaban J connectivity index is 2.29. The molecule has 0 aliphatic carbocycles. The molecule has 2 aromatic rings. The van der Waals surface area contributed by atoms with Gasteiger partial charge in [0.1, 0.15) is 18.3 Å². The van der Waals surface area contributed by atoms with Crippen LogP contribution in [0.2, 0.25) is 0 Å². The van der Waals surface area contributed by atoms with Crippen molar-refractivity contribution in [3.63, 3.8) is 0 Å². The minimum atomic E-state index is -4.98. The van der Waals surface area contributed by atoms with Crippen LogP contribution < -0.4 is 10.2 Å². The Labute approximate surface area is 171 Å². The van der Waals surface area contributed by atoms with Crippen LogP contribution in [-0.4, -0.2) is 46.9 Å². The molecule has 0 amide bonds. The average molecular weight is 440 g/mol. The molecule has 2 atom stereocenters. The van der Waals surface area contributed by atoms with Gasteiger partial charge in [0.25, 0.3) is 19.2 Å². The fraction of sp³-hybridized carbons (Fsp3) is 0.294. The van der Waals surface area contributed by atoms with E-state index in [1.165, 1.54) is 6.07 Å². The highest BCUT2D eigenvalue weighted by Crippen LogP contribution is 2.39. The minimum absolute atomic E-state index is 0.0527. The van der Waals surface area contributed by atoms with Gasteiger partial charge in [-0.25, -0.2) is 0 Å². The van der Waals surface area contributed by atoms with Gasteiger partial charge in [-0.3, -0.25) is 24.8 Å². The Morgan fingerprint density at radius 1 is 1.10 bits per heavy atom. The maximum atomic E-state index is 11.2. The van der Waals surface area contributed by atoms with Crippen LogP contribution in [0.4, 0.5) is 22.7 Å². The fourth-order valence-electron chi connectivity index (χ4n) is 2.68. The van der Waals surface area contributed by atoms with Gasteiger partial charge in [0.2, 0.25) is 0 Å². The van der Waals surface area contributed by atoms with Gasteiger partial charge < -0.3 is 24.1 Å². The number of benzene rings is 2. The molecule has 0 spiro atoms. The maximum absolute atomic E-state index is 11.2. The summed E-state index contributed by atoms with van der Waals surface area (Å²) < 4.78 is 16.4. The number of hydrogen-bond acceptors (Lipinski definition) is 8. The van der Waals surface area contributed by atoms with Crippen LogP contribution in [0.25, 0.3) is 0 Å². The number of nitrogens with one attached hydrogen (secondary N) is 1. The van der Waals surface area contributed by atoms with Gasteiger partial charge in [-0.15, -0.1) is 0 Å². The van der Waals surface area contributed by atoms with Crippen molar-refractivity contribution >= 4 is 30.6 Å². The second-order valence-electron chi connectivity index (χ2n) is 7.50. The van der Waals surface area contributed by atoms with E-state index in [0.29, 0.717) is 15.7 Å². The number of phosphoric acid groups is 1. The lowest BCUT2D eigenvalue weighted by atomic mass is 10.1. The van der Waals surface area contributed by atoms with Gasteiger partial charge in [0, 0.05) is 11.8 Å². The van der Waals surface area contributed by atoms with Crippen LogP contribution in [0.3, 0.4) is 0 Å². The summed E-state index contributed by atoms with van der Waals surface area (Å²) in [5.74, 6) is 0. The lowest BCUT2D eigenvalue weighted by Gasteiger charge is -2.31. The van der Waals surface area contributed by atoms with Crippen molar-refractivity contribution in [2.45, 2.75) is 6.10 Å². The molecule has 162 valence electrons. The van der Waals surface area contributed by atoms with Crippen molar-refractivity contribution in [1.29, 1.82) is 0 Å². The van der Waals surface area contributed by atoms with Crippen molar-refractivity contribution in [1.82, 2.24) is 0 Å². The highest BCUT2D eigenvalue weighted by Gasteiger charge is 2.25. The molecular weight excluding hydrogens is 419 g/mol. The molecule has 0 saturated carbocycles.